The average molecular weight is 346 g/mol. The summed E-state index contributed by atoms with van der Waals surface area (Å²) in [5, 5.41) is 2.73. The van der Waals surface area contributed by atoms with Gasteiger partial charge in [-0.3, -0.25) is 9.59 Å². The Morgan fingerprint density at radius 1 is 0.885 bits per heavy atom. The molecule has 0 aliphatic heterocycles. The van der Waals surface area contributed by atoms with Gasteiger partial charge in [0.1, 0.15) is 5.75 Å². The van der Waals surface area contributed by atoms with Crippen molar-refractivity contribution in [2.45, 2.75) is 0 Å². The molecule has 0 bridgehead atoms. The number of nitrogen functional groups attached to an aromatic ring is 1. The summed E-state index contributed by atoms with van der Waals surface area (Å²) in [4.78, 5) is 24.8. The lowest BCUT2D eigenvalue weighted by molar-refractivity contribution is -0.118. The van der Waals surface area contributed by atoms with Crippen LogP contribution in [0.3, 0.4) is 0 Å². The van der Waals surface area contributed by atoms with Gasteiger partial charge in [0.15, 0.2) is 12.4 Å². The first kappa shape index (κ1) is 17.2. The summed E-state index contributed by atoms with van der Waals surface area (Å²) in [5.41, 5.74) is 7.79. The van der Waals surface area contributed by atoms with Crippen LogP contribution in [0.2, 0.25) is 0 Å². The molecule has 0 fully saturated rings. The molecule has 0 unspecified atom stereocenters. The fourth-order valence-corrected chi connectivity index (χ4v) is 2.46. The molecular formula is C21H18N2O3. The molecule has 1 amide bonds. The summed E-state index contributed by atoms with van der Waals surface area (Å²) in [6, 6.07) is 22.7. The maximum Gasteiger partial charge on any atom is 0.262 e. The van der Waals surface area contributed by atoms with E-state index in [2.05, 4.69) is 5.32 Å². The SMILES string of the molecule is Nc1ccc(OCC(=O)Nc2ccccc2)c(C(=O)c2ccccc2)c1. The first-order valence-electron chi connectivity index (χ1n) is 8.10. The van der Waals surface area contributed by atoms with Crippen LogP contribution >= 0.6 is 0 Å². The van der Waals surface area contributed by atoms with Crippen LogP contribution in [0.5, 0.6) is 5.75 Å². The van der Waals surface area contributed by atoms with Crippen LogP contribution in [0, 0.1) is 0 Å². The molecule has 0 aromatic heterocycles. The van der Waals surface area contributed by atoms with E-state index in [1.165, 1.54) is 0 Å². The molecule has 5 heteroatoms. The van der Waals surface area contributed by atoms with E-state index in [1.54, 1.807) is 54.6 Å². The molecule has 0 aliphatic rings. The minimum absolute atomic E-state index is 0.212. The number of carbonyl (C=O) groups excluding carboxylic acids is 2. The number of amides is 1. The molecule has 5 nitrogen and oxygen atoms in total. The van der Waals surface area contributed by atoms with Crippen molar-refractivity contribution in [1.82, 2.24) is 0 Å². The van der Waals surface area contributed by atoms with Gasteiger partial charge in [0.25, 0.3) is 5.91 Å². The molecule has 0 saturated carbocycles. The van der Waals surface area contributed by atoms with Crippen LogP contribution in [0.1, 0.15) is 15.9 Å². The summed E-state index contributed by atoms with van der Waals surface area (Å²) in [5.74, 6) is -0.209. The van der Waals surface area contributed by atoms with Gasteiger partial charge in [-0.05, 0) is 30.3 Å². The van der Waals surface area contributed by atoms with Crippen molar-refractivity contribution in [3.63, 3.8) is 0 Å². The Labute approximate surface area is 151 Å². The van der Waals surface area contributed by atoms with Gasteiger partial charge < -0.3 is 15.8 Å². The Bertz CT molecular complexity index is 909. The van der Waals surface area contributed by atoms with Crippen molar-refractivity contribution in [1.29, 1.82) is 0 Å². The van der Waals surface area contributed by atoms with Gasteiger partial charge in [0.2, 0.25) is 0 Å². The largest absolute Gasteiger partial charge is 0.483 e. The molecule has 3 aromatic carbocycles. The zero-order valence-electron chi connectivity index (χ0n) is 14.0. The van der Waals surface area contributed by atoms with Gasteiger partial charge in [-0.1, -0.05) is 48.5 Å². The minimum Gasteiger partial charge on any atom is -0.483 e. The summed E-state index contributed by atoms with van der Waals surface area (Å²) < 4.78 is 5.58. The van der Waals surface area contributed by atoms with Crippen LogP contribution in [0.25, 0.3) is 0 Å². The highest BCUT2D eigenvalue weighted by molar-refractivity contribution is 6.11. The van der Waals surface area contributed by atoms with E-state index in [0.29, 0.717) is 28.3 Å². The molecule has 0 saturated heterocycles. The molecule has 0 heterocycles. The van der Waals surface area contributed by atoms with Gasteiger partial charge >= 0.3 is 0 Å². The lowest BCUT2D eigenvalue weighted by Gasteiger charge is -2.12. The lowest BCUT2D eigenvalue weighted by atomic mass is 10.0. The molecule has 3 aromatic rings. The Hall–Kier alpha value is -3.60. The highest BCUT2D eigenvalue weighted by Crippen LogP contribution is 2.24. The molecule has 0 spiro atoms. The zero-order valence-corrected chi connectivity index (χ0v) is 14.0. The van der Waals surface area contributed by atoms with Crippen molar-refractivity contribution in [3.8, 4) is 5.75 Å². The summed E-state index contributed by atoms with van der Waals surface area (Å²) in [6.45, 7) is -0.214. The summed E-state index contributed by atoms with van der Waals surface area (Å²) >= 11 is 0. The van der Waals surface area contributed by atoms with Gasteiger partial charge in [-0.15, -0.1) is 0 Å². The standard InChI is InChI=1S/C21H18N2O3/c22-16-11-12-19(18(13-16)21(25)15-7-3-1-4-8-15)26-14-20(24)23-17-9-5-2-6-10-17/h1-13H,14,22H2,(H,23,24). The predicted molar refractivity (Wildman–Crippen MR) is 101 cm³/mol. The van der Waals surface area contributed by atoms with Crippen molar-refractivity contribution in [3.05, 3.63) is 90.0 Å². The first-order chi connectivity index (χ1) is 12.6. The average Bonchev–Trinajstić information content (AvgIpc) is 2.68. The molecule has 130 valence electrons. The van der Waals surface area contributed by atoms with Crippen LogP contribution in [0.4, 0.5) is 11.4 Å². The summed E-state index contributed by atoms with van der Waals surface area (Å²) in [7, 11) is 0. The molecule has 26 heavy (non-hydrogen) atoms. The van der Waals surface area contributed by atoms with Gasteiger partial charge in [0, 0.05) is 16.9 Å². The van der Waals surface area contributed by atoms with Crippen LogP contribution in [-0.2, 0) is 4.79 Å². The van der Waals surface area contributed by atoms with Gasteiger partial charge in [-0.25, -0.2) is 0 Å². The highest BCUT2D eigenvalue weighted by Gasteiger charge is 2.16. The number of para-hydroxylation sites is 1. The number of nitrogens with two attached hydrogens (primary N) is 1. The smallest absolute Gasteiger partial charge is 0.262 e. The number of hydrogen-bond acceptors (Lipinski definition) is 4. The number of anilines is 2. The van der Waals surface area contributed by atoms with Crippen molar-refractivity contribution >= 4 is 23.1 Å². The Balaban J connectivity index is 1.74. The Morgan fingerprint density at radius 3 is 2.23 bits per heavy atom. The van der Waals surface area contributed by atoms with Gasteiger partial charge in [0.05, 0.1) is 5.56 Å². The normalized spacial score (nSPS) is 10.2. The second kappa shape index (κ2) is 7.98. The predicted octanol–water partition coefficient (Wildman–Crippen LogP) is 3.52. The number of ketones is 1. The lowest BCUT2D eigenvalue weighted by Crippen LogP contribution is -2.21. The fraction of sp³-hybridized carbons (Fsp3) is 0.0476. The Kier molecular flexibility index (Phi) is 5.29. The van der Waals surface area contributed by atoms with E-state index in [1.807, 2.05) is 24.3 Å². The Morgan fingerprint density at radius 2 is 1.54 bits per heavy atom. The third kappa shape index (κ3) is 4.27. The summed E-state index contributed by atoms with van der Waals surface area (Å²) in [6.07, 6.45) is 0. The van der Waals surface area contributed by atoms with E-state index >= 15 is 0 Å². The zero-order chi connectivity index (χ0) is 18.4. The van der Waals surface area contributed by atoms with Crippen LogP contribution in [0.15, 0.2) is 78.9 Å². The number of nitrogens with one attached hydrogen (secondary N) is 1. The molecule has 0 aliphatic carbocycles. The van der Waals surface area contributed by atoms with Crippen molar-refractivity contribution in [2.75, 3.05) is 17.7 Å². The van der Waals surface area contributed by atoms with Gasteiger partial charge in [-0.2, -0.15) is 0 Å². The van der Waals surface area contributed by atoms with E-state index in [4.69, 9.17) is 10.5 Å². The second-order valence-electron chi connectivity index (χ2n) is 5.65. The minimum atomic E-state index is -0.314. The molecule has 0 radical (unpaired) electrons. The third-order valence-electron chi connectivity index (χ3n) is 3.70. The van der Waals surface area contributed by atoms with E-state index in [9.17, 15) is 9.59 Å². The molecule has 0 atom stereocenters. The van der Waals surface area contributed by atoms with Crippen molar-refractivity contribution < 1.29 is 14.3 Å². The quantitative estimate of drug-likeness (QED) is 0.528. The van der Waals surface area contributed by atoms with Crippen molar-refractivity contribution in [2.24, 2.45) is 0 Å². The van der Waals surface area contributed by atoms with Crippen LogP contribution < -0.4 is 15.8 Å². The molecular weight excluding hydrogens is 328 g/mol. The molecule has 3 rings (SSSR count). The maximum absolute atomic E-state index is 12.7. The number of rotatable bonds is 6. The monoisotopic (exact) mass is 346 g/mol. The number of ether oxygens (including phenoxy) is 1. The topological polar surface area (TPSA) is 81.4 Å². The first-order valence-corrected chi connectivity index (χ1v) is 8.10. The highest BCUT2D eigenvalue weighted by atomic mass is 16.5. The second-order valence-corrected chi connectivity index (χ2v) is 5.65. The van der Waals surface area contributed by atoms with E-state index in [0.717, 1.165) is 0 Å². The number of benzene rings is 3. The number of carbonyl (C=O) groups is 2. The maximum atomic E-state index is 12.7. The van der Waals surface area contributed by atoms with Crippen LogP contribution in [-0.4, -0.2) is 18.3 Å². The fourth-order valence-electron chi connectivity index (χ4n) is 2.46. The van der Waals surface area contributed by atoms with E-state index < -0.39 is 0 Å². The third-order valence-corrected chi connectivity index (χ3v) is 3.70. The molecule has 3 N–H and O–H groups in total. The van der Waals surface area contributed by atoms with E-state index in [-0.39, 0.29) is 18.3 Å². The number of hydrogen-bond donors (Lipinski definition) is 2.